The molecule has 3 aromatic rings. The summed E-state index contributed by atoms with van der Waals surface area (Å²) in [6, 6.07) is 18.3. The first-order chi connectivity index (χ1) is 17.2. The Kier molecular flexibility index (Phi) is 9.35. The van der Waals surface area contributed by atoms with Crippen molar-refractivity contribution in [3.05, 3.63) is 77.6 Å². The van der Waals surface area contributed by atoms with Crippen molar-refractivity contribution in [1.82, 2.24) is 20.8 Å². The first kappa shape index (κ1) is 26.6. The van der Waals surface area contributed by atoms with Gasteiger partial charge in [-0.25, -0.2) is 4.79 Å². The number of nitrogens with zero attached hydrogens (tertiary/aromatic N) is 1. The Morgan fingerprint density at radius 1 is 0.972 bits per heavy atom. The minimum Gasteiger partial charge on any atom is -0.479 e. The molecule has 2 aromatic carbocycles. The highest BCUT2D eigenvalue weighted by Crippen LogP contribution is 2.20. The van der Waals surface area contributed by atoms with E-state index in [9.17, 15) is 19.5 Å². The van der Waals surface area contributed by atoms with Gasteiger partial charge in [-0.15, -0.1) is 0 Å². The van der Waals surface area contributed by atoms with Crippen molar-refractivity contribution >= 4 is 17.8 Å². The fourth-order valence-corrected chi connectivity index (χ4v) is 3.70. The maximum Gasteiger partial charge on any atom is 0.332 e. The standard InChI is InChI=1S/C27H32N4O5/c1-17(2)12-13-28-25(33)22-16-23(31-30-22)26(34)29-21(15-24(32)27(35)36)14-18-8-10-20(11-9-18)19-6-4-3-5-7-19/h3-11,16-17,21,24,32H,12-15H2,1-2H3,(H,28,33)(H,29,34)(H,30,31)(H,35,36)/t21-,24+/m1/s1. The average Bonchev–Trinajstić information content (AvgIpc) is 3.35. The Bertz CT molecular complexity index is 1160. The van der Waals surface area contributed by atoms with E-state index in [2.05, 4.69) is 34.7 Å². The summed E-state index contributed by atoms with van der Waals surface area (Å²) >= 11 is 0. The van der Waals surface area contributed by atoms with Crippen LogP contribution in [0.25, 0.3) is 11.1 Å². The fraction of sp³-hybridized carbons (Fsp3) is 0.333. The van der Waals surface area contributed by atoms with Crippen molar-refractivity contribution in [2.24, 2.45) is 5.92 Å². The van der Waals surface area contributed by atoms with Crippen LogP contribution >= 0.6 is 0 Å². The number of aliphatic carboxylic acids is 1. The lowest BCUT2D eigenvalue weighted by Crippen LogP contribution is -2.40. The molecule has 0 aliphatic heterocycles. The predicted molar refractivity (Wildman–Crippen MR) is 135 cm³/mol. The Hall–Kier alpha value is -3.98. The molecule has 9 nitrogen and oxygen atoms in total. The quantitative estimate of drug-likeness (QED) is 0.263. The van der Waals surface area contributed by atoms with Crippen LogP contribution in [0.1, 0.15) is 53.2 Å². The van der Waals surface area contributed by atoms with Gasteiger partial charge in [-0.05, 0) is 35.4 Å². The summed E-state index contributed by atoms with van der Waals surface area (Å²) in [6.45, 7) is 4.62. The van der Waals surface area contributed by atoms with E-state index in [0.717, 1.165) is 23.1 Å². The van der Waals surface area contributed by atoms with Gasteiger partial charge in [-0.3, -0.25) is 14.7 Å². The van der Waals surface area contributed by atoms with E-state index < -0.39 is 24.0 Å². The number of carboxylic acids is 1. The largest absolute Gasteiger partial charge is 0.479 e. The van der Waals surface area contributed by atoms with Crippen molar-refractivity contribution in [2.75, 3.05) is 6.54 Å². The average molecular weight is 493 g/mol. The van der Waals surface area contributed by atoms with Crippen molar-refractivity contribution in [1.29, 1.82) is 0 Å². The Balaban J connectivity index is 1.67. The third kappa shape index (κ3) is 7.78. The molecule has 0 saturated carbocycles. The number of amides is 2. The van der Waals surface area contributed by atoms with Gasteiger partial charge in [0.25, 0.3) is 11.8 Å². The van der Waals surface area contributed by atoms with Gasteiger partial charge in [0.15, 0.2) is 11.8 Å². The summed E-state index contributed by atoms with van der Waals surface area (Å²) in [6.07, 6.45) is -0.694. The third-order valence-electron chi connectivity index (χ3n) is 5.73. The van der Waals surface area contributed by atoms with Gasteiger partial charge in [-0.2, -0.15) is 5.10 Å². The van der Waals surface area contributed by atoms with Gasteiger partial charge < -0.3 is 20.8 Å². The molecule has 190 valence electrons. The smallest absolute Gasteiger partial charge is 0.332 e. The van der Waals surface area contributed by atoms with Crippen LogP contribution in [0.3, 0.4) is 0 Å². The summed E-state index contributed by atoms with van der Waals surface area (Å²) in [4.78, 5) is 36.3. The molecule has 2 amide bonds. The summed E-state index contributed by atoms with van der Waals surface area (Å²) in [5.41, 5.74) is 3.12. The van der Waals surface area contributed by atoms with Gasteiger partial charge >= 0.3 is 5.97 Å². The summed E-state index contributed by atoms with van der Waals surface area (Å²) < 4.78 is 0. The fourth-order valence-electron chi connectivity index (χ4n) is 3.70. The molecule has 9 heteroatoms. The molecule has 1 aromatic heterocycles. The van der Waals surface area contributed by atoms with E-state index in [1.807, 2.05) is 54.6 Å². The van der Waals surface area contributed by atoms with Crippen LogP contribution in [0.15, 0.2) is 60.7 Å². The molecule has 0 bridgehead atoms. The Morgan fingerprint density at radius 3 is 2.28 bits per heavy atom. The van der Waals surface area contributed by atoms with E-state index in [0.29, 0.717) is 18.9 Å². The maximum atomic E-state index is 12.8. The van der Waals surface area contributed by atoms with Crippen molar-refractivity contribution in [3.8, 4) is 11.1 Å². The molecule has 0 radical (unpaired) electrons. The number of nitrogens with one attached hydrogen (secondary N) is 3. The lowest BCUT2D eigenvalue weighted by Gasteiger charge is -2.20. The minimum atomic E-state index is -1.64. The van der Waals surface area contributed by atoms with Crippen molar-refractivity contribution < 1.29 is 24.6 Å². The van der Waals surface area contributed by atoms with E-state index in [1.165, 1.54) is 6.07 Å². The number of carbonyl (C=O) groups is 3. The van der Waals surface area contributed by atoms with Gasteiger partial charge in [0, 0.05) is 25.1 Å². The molecule has 0 aliphatic carbocycles. The number of hydrogen-bond acceptors (Lipinski definition) is 5. The molecule has 36 heavy (non-hydrogen) atoms. The van der Waals surface area contributed by atoms with Gasteiger partial charge in [0.05, 0.1) is 0 Å². The van der Waals surface area contributed by atoms with E-state index >= 15 is 0 Å². The summed E-state index contributed by atoms with van der Waals surface area (Å²) in [5.74, 6) is -1.86. The second kappa shape index (κ2) is 12.6. The topological polar surface area (TPSA) is 144 Å². The molecular weight excluding hydrogens is 460 g/mol. The molecule has 0 unspecified atom stereocenters. The molecule has 0 fully saturated rings. The molecule has 3 rings (SSSR count). The number of H-pyrrole nitrogens is 1. The second-order valence-corrected chi connectivity index (χ2v) is 9.13. The number of aliphatic hydroxyl groups is 1. The monoisotopic (exact) mass is 492 g/mol. The third-order valence-corrected chi connectivity index (χ3v) is 5.73. The van der Waals surface area contributed by atoms with Gasteiger partial charge in [0.2, 0.25) is 0 Å². The van der Waals surface area contributed by atoms with E-state index in [1.54, 1.807) is 0 Å². The van der Waals surface area contributed by atoms with Crippen LogP contribution in [0.4, 0.5) is 0 Å². The lowest BCUT2D eigenvalue weighted by molar-refractivity contribution is -0.147. The van der Waals surface area contributed by atoms with Gasteiger partial charge in [-0.1, -0.05) is 68.4 Å². The number of carbonyl (C=O) groups excluding carboxylic acids is 2. The molecular formula is C27H32N4O5. The summed E-state index contributed by atoms with van der Waals surface area (Å²) in [5, 5.41) is 31.1. The number of rotatable bonds is 12. The van der Waals surface area contributed by atoms with Gasteiger partial charge in [0.1, 0.15) is 5.69 Å². The summed E-state index contributed by atoms with van der Waals surface area (Å²) in [7, 11) is 0. The van der Waals surface area contributed by atoms with E-state index in [4.69, 9.17) is 5.11 Å². The van der Waals surface area contributed by atoms with Crippen LogP contribution in [-0.4, -0.2) is 56.9 Å². The zero-order valence-electron chi connectivity index (χ0n) is 20.4. The molecule has 1 heterocycles. The highest BCUT2D eigenvalue weighted by molar-refractivity contribution is 5.97. The zero-order chi connectivity index (χ0) is 26.1. The van der Waals surface area contributed by atoms with Crippen LogP contribution in [0.2, 0.25) is 0 Å². The highest BCUT2D eigenvalue weighted by atomic mass is 16.4. The number of carboxylic acid groups (broad SMARTS) is 1. The number of aliphatic hydroxyl groups excluding tert-OH is 1. The van der Waals surface area contributed by atoms with Crippen LogP contribution in [0, 0.1) is 5.92 Å². The number of benzene rings is 2. The Labute approximate surface area is 209 Å². The van der Waals surface area contributed by atoms with Crippen LogP contribution < -0.4 is 10.6 Å². The van der Waals surface area contributed by atoms with Crippen molar-refractivity contribution in [3.63, 3.8) is 0 Å². The minimum absolute atomic E-state index is 0.00162. The first-order valence-electron chi connectivity index (χ1n) is 11.9. The van der Waals surface area contributed by atoms with Crippen LogP contribution in [0.5, 0.6) is 0 Å². The first-order valence-corrected chi connectivity index (χ1v) is 11.9. The number of aromatic amines is 1. The molecule has 0 spiro atoms. The lowest BCUT2D eigenvalue weighted by atomic mass is 9.97. The maximum absolute atomic E-state index is 12.8. The highest BCUT2D eigenvalue weighted by Gasteiger charge is 2.24. The van der Waals surface area contributed by atoms with Crippen LogP contribution in [-0.2, 0) is 11.2 Å². The van der Waals surface area contributed by atoms with E-state index in [-0.39, 0.29) is 23.7 Å². The number of aromatic nitrogens is 2. The SMILES string of the molecule is CC(C)CCNC(=O)c1cc(C(=O)N[C@H](Cc2ccc(-c3ccccc3)cc2)C[C@H](O)C(=O)O)n[nH]1. The Morgan fingerprint density at radius 2 is 1.64 bits per heavy atom. The normalized spacial score (nSPS) is 12.7. The molecule has 5 N–H and O–H groups in total. The van der Waals surface area contributed by atoms with Crippen molar-refractivity contribution in [2.45, 2.75) is 45.3 Å². The predicted octanol–water partition coefficient (Wildman–Crippen LogP) is 3.03. The molecule has 0 aliphatic rings. The number of hydrogen-bond donors (Lipinski definition) is 5. The zero-order valence-corrected chi connectivity index (χ0v) is 20.4. The molecule has 2 atom stereocenters. The molecule has 0 saturated heterocycles. The second-order valence-electron chi connectivity index (χ2n) is 9.13.